The van der Waals surface area contributed by atoms with Crippen molar-refractivity contribution in [2.45, 2.75) is 39.9 Å². The predicted molar refractivity (Wildman–Crippen MR) is 68.0 cm³/mol. The van der Waals surface area contributed by atoms with Crippen LogP contribution in [0.15, 0.2) is 12.1 Å². The summed E-state index contributed by atoms with van der Waals surface area (Å²) in [7, 11) is 2.19. The van der Waals surface area contributed by atoms with E-state index in [1.54, 1.807) is 0 Å². The van der Waals surface area contributed by atoms with E-state index in [1.165, 1.54) is 9.75 Å². The van der Waals surface area contributed by atoms with Crippen molar-refractivity contribution in [3.05, 3.63) is 21.9 Å². The lowest BCUT2D eigenvalue weighted by Gasteiger charge is -2.27. The van der Waals surface area contributed by atoms with Gasteiger partial charge in [-0.05, 0) is 32.0 Å². The summed E-state index contributed by atoms with van der Waals surface area (Å²) in [5, 5.41) is 0. The summed E-state index contributed by atoms with van der Waals surface area (Å²) in [6.07, 6.45) is 0. The Kier molecular flexibility index (Phi) is 4.77. The quantitative estimate of drug-likeness (QED) is 0.836. The Morgan fingerprint density at radius 1 is 1.27 bits per heavy atom. The minimum Gasteiger partial charge on any atom is -0.326 e. The first-order chi connectivity index (χ1) is 7.04. The Labute approximate surface area is 97.1 Å². The van der Waals surface area contributed by atoms with Crippen LogP contribution in [0.2, 0.25) is 0 Å². The molecule has 0 spiro atoms. The molecule has 2 nitrogen and oxygen atoms in total. The minimum absolute atomic E-state index is 0.619. The number of nitrogens with two attached hydrogens (primary N) is 1. The monoisotopic (exact) mass is 226 g/mol. The standard InChI is InChI=1S/C12H22N2S/c1-9(2)10(3)14(4)8-12-6-5-11(7-13)15-12/h5-6,9-10H,7-8,13H2,1-4H3. The van der Waals surface area contributed by atoms with Gasteiger partial charge in [-0.25, -0.2) is 0 Å². The van der Waals surface area contributed by atoms with Gasteiger partial charge in [0.15, 0.2) is 0 Å². The first kappa shape index (κ1) is 12.7. The van der Waals surface area contributed by atoms with Crippen molar-refractivity contribution in [1.82, 2.24) is 4.90 Å². The molecule has 0 bridgehead atoms. The first-order valence-corrected chi connectivity index (χ1v) is 6.34. The molecule has 1 heterocycles. The topological polar surface area (TPSA) is 29.3 Å². The lowest BCUT2D eigenvalue weighted by molar-refractivity contribution is 0.202. The van der Waals surface area contributed by atoms with Crippen molar-refractivity contribution < 1.29 is 0 Å². The van der Waals surface area contributed by atoms with Gasteiger partial charge in [0.2, 0.25) is 0 Å². The number of hydrogen-bond donors (Lipinski definition) is 1. The average Bonchev–Trinajstić information content (AvgIpc) is 2.64. The van der Waals surface area contributed by atoms with Gasteiger partial charge in [0.1, 0.15) is 0 Å². The highest BCUT2D eigenvalue weighted by Gasteiger charge is 2.13. The molecule has 3 heteroatoms. The number of nitrogens with zero attached hydrogens (tertiary/aromatic N) is 1. The van der Waals surface area contributed by atoms with E-state index in [0.29, 0.717) is 18.5 Å². The molecule has 0 aliphatic carbocycles. The lowest BCUT2D eigenvalue weighted by atomic mass is 10.1. The molecule has 0 saturated heterocycles. The van der Waals surface area contributed by atoms with E-state index < -0.39 is 0 Å². The molecule has 0 aliphatic heterocycles. The van der Waals surface area contributed by atoms with Gasteiger partial charge in [0.05, 0.1) is 0 Å². The summed E-state index contributed by atoms with van der Waals surface area (Å²) in [6.45, 7) is 8.50. The van der Waals surface area contributed by atoms with Gasteiger partial charge >= 0.3 is 0 Å². The third-order valence-electron chi connectivity index (χ3n) is 2.98. The largest absolute Gasteiger partial charge is 0.326 e. The number of rotatable bonds is 5. The van der Waals surface area contributed by atoms with Crippen molar-refractivity contribution in [3.63, 3.8) is 0 Å². The van der Waals surface area contributed by atoms with E-state index >= 15 is 0 Å². The Balaban J connectivity index is 2.54. The minimum atomic E-state index is 0.619. The summed E-state index contributed by atoms with van der Waals surface area (Å²) in [5.41, 5.74) is 5.60. The lowest BCUT2D eigenvalue weighted by Crippen LogP contribution is -2.32. The summed E-state index contributed by atoms with van der Waals surface area (Å²) < 4.78 is 0. The highest BCUT2D eigenvalue weighted by atomic mass is 32.1. The molecule has 1 aromatic heterocycles. The van der Waals surface area contributed by atoms with Gasteiger partial charge in [-0.2, -0.15) is 0 Å². The van der Waals surface area contributed by atoms with Crippen LogP contribution in [0.5, 0.6) is 0 Å². The summed E-state index contributed by atoms with van der Waals surface area (Å²) >= 11 is 1.82. The molecule has 2 N–H and O–H groups in total. The van der Waals surface area contributed by atoms with Crippen LogP contribution < -0.4 is 5.73 Å². The number of thiophene rings is 1. The fourth-order valence-corrected chi connectivity index (χ4v) is 2.48. The maximum Gasteiger partial charge on any atom is 0.0327 e. The smallest absolute Gasteiger partial charge is 0.0327 e. The molecule has 1 unspecified atom stereocenters. The van der Waals surface area contributed by atoms with Crippen LogP contribution in [0.4, 0.5) is 0 Å². The summed E-state index contributed by atoms with van der Waals surface area (Å²) in [5.74, 6) is 0.698. The van der Waals surface area contributed by atoms with Crippen LogP contribution >= 0.6 is 11.3 Å². The highest BCUT2D eigenvalue weighted by molar-refractivity contribution is 7.11. The van der Waals surface area contributed by atoms with Crippen LogP contribution in [0.1, 0.15) is 30.5 Å². The summed E-state index contributed by atoms with van der Waals surface area (Å²) in [6, 6.07) is 4.94. The van der Waals surface area contributed by atoms with Crippen LogP contribution in [0.25, 0.3) is 0 Å². The Morgan fingerprint density at radius 3 is 2.33 bits per heavy atom. The molecule has 86 valence electrons. The van der Waals surface area contributed by atoms with Gasteiger partial charge in [0, 0.05) is 28.9 Å². The Morgan fingerprint density at radius 2 is 1.87 bits per heavy atom. The normalized spacial score (nSPS) is 13.8. The average molecular weight is 226 g/mol. The van der Waals surface area contributed by atoms with Crippen molar-refractivity contribution in [1.29, 1.82) is 0 Å². The zero-order valence-electron chi connectivity index (χ0n) is 10.2. The van der Waals surface area contributed by atoms with Gasteiger partial charge in [-0.3, -0.25) is 4.90 Å². The van der Waals surface area contributed by atoms with Crippen LogP contribution in [0.3, 0.4) is 0 Å². The predicted octanol–water partition coefficient (Wildman–Crippen LogP) is 2.68. The molecule has 1 aromatic rings. The Bertz CT molecular complexity index is 294. The zero-order chi connectivity index (χ0) is 11.4. The molecule has 15 heavy (non-hydrogen) atoms. The SMILES string of the molecule is CC(C)C(C)N(C)Cc1ccc(CN)s1. The van der Waals surface area contributed by atoms with Crippen molar-refractivity contribution in [2.75, 3.05) is 7.05 Å². The molecule has 1 rings (SSSR count). The maximum absolute atomic E-state index is 5.60. The molecule has 0 aliphatic rings. The molecule has 1 atom stereocenters. The van der Waals surface area contributed by atoms with E-state index in [4.69, 9.17) is 5.73 Å². The molecule has 0 fully saturated rings. The zero-order valence-corrected chi connectivity index (χ0v) is 11.0. The van der Waals surface area contributed by atoms with Gasteiger partial charge in [-0.15, -0.1) is 11.3 Å². The van der Waals surface area contributed by atoms with E-state index in [2.05, 4.69) is 44.9 Å². The molecule has 0 aromatic carbocycles. The van der Waals surface area contributed by atoms with Crippen LogP contribution in [0, 0.1) is 5.92 Å². The third kappa shape index (κ3) is 3.59. The van der Waals surface area contributed by atoms with Crippen LogP contribution in [-0.4, -0.2) is 18.0 Å². The van der Waals surface area contributed by atoms with Crippen molar-refractivity contribution in [2.24, 2.45) is 11.7 Å². The van der Waals surface area contributed by atoms with E-state index in [0.717, 1.165) is 6.54 Å². The van der Waals surface area contributed by atoms with E-state index in [-0.39, 0.29) is 0 Å². The second kappa shape index (κ2) is 5.64. The Hall–Kier alpha value is -0.380. The van der Waals surface area contributed by atoms with E-state index in [9.17, 15) is 0 Å². The third-order valence-corrected chi connectivity index (χ3v) is 4.08. The van der Waals surface area contributed by atoms with Gasteiger partial charge < -0.3 is 5.73 Å². The molecule has 0 radical (unpaired) electrons. The molecule has 0 saturated carbocycles. The first-order valence-electron chi connectivity index (χ1n) is 5.52. The fourth-order valence-electron chi connectivity index (χ4n) is 1.52. The van der Waals surface area contributed by atoms with E-state index in [1.807, 2.05) is 11.3 Å². The second-order valence-corrected chi connectivity index (χ2v) is 5.72. The molecular formula is C12H22N2S. The van der Waals surface area contributed by atoms with Crippen molar-refractivity contribution in [3.8, 4) is 0 Å². The summed E-state index contributed by atoms with van der Waals surface area (Å²) in [4.78, 5) is 5.08. The molecule has 0 amide bonds. The number of hydrogen-bond acceptors (Lipinski definition) is 3. The van der Waals surface area contributed by atoms with Gasteiger partial charge in [-0.1, -0.05) is 13.8 Å². The molecular weight excluding hydrogens is 204 g/mol. The van der Waals surface area contributed by atoms with Crippen LogP contribution in [-0.2, 0) is 13.1 Å². The fraction of sp³-hybridized carbons (Fsp3) is 0.667. The van der Waals surface area contributed by atoms with Gasteiger partial charge in [0.25, 0.3) is 0 Å². The second-order valence-electron chi connectivity index (χ2n) is 4.47. The van der Waals surface area contributed by atoms with Crippen molar-refractivity contribution >= 4 is 11.3 Å². The maximum atomic E-state index is 5.60. The highest BCUT2D eigenvalue weighted by Crippen LogP contribution is 2.19.